The molecule has 0 bridgehead atoms. The Morgan fingerprint density at radius 2 is 1.76 bits per heavy atom. The summed E-state index contributed by atoms with van der Waals surface area (Å²) in [6, 6.07) is 16.5. The van der Waals surface area contributed by atoms with Gasteiger partial charge in [0.25, 0.3) is 0 Å². The Bertz CT molecular complexity index is 823. The summed E-state index contributed by atoms with van der Waals surface area (Å²) < 4.78 is 25.6. The molecular weight excluding hydrogens is 402 g/mol. The van der Waals surface area contributed by atoms with Crippen LogP contribution in [0, 0.1) is 0 Å². The standard InChI is InChI=1S/C18H22BrN3O2S/c1-20-18(22(2)14-15-8-6-7-11-17(15)19)21-12-13-25(23,24)16-9-4-3-5-10-16/h3-11H,12-14H2,1-2H3,(H,20,21). The zero-order chi connectivity index (χ0) is 18.3. The number of halogens is 1. The Hall–Kier alpha value is -1.86. The zero-order valence-corrected chi connectivity index (χ0v) is 16.7. The molecule has 1 N–H and O–H groups in total. The molecule has 0 saturated carbocycles. The van der Waals surface area contributed by atoms with Gasteiger partial charge < -0.3 is 10.2 Å². The van der Waals surface area contributed by atoms with E-state index < -0.39 is 9.84 Å². The van der Waals surface area contributed by atoms with Gasteiger partial charge in [-0.1, -0.05) is 52.3 Å². The van der Waals surface area contributed by atoms with Gasteiger partial charge in [-0.25, -0.2) is 8.42 Å². The quantitative estimate of drug-likeness (QED) is 0.572. The highest BCUT2D eigenvalue weighted by Crippen LogP contribution is 2.17. The first kappa shape index (κ1) is 19.5. The summed E-state index contributed by atoms with van der Waals surface area (Å²) in [5.41, 5.74) is 1.13. The largest absolute Gasteiger partial charge is 0.355 e. The number of hydrogen-bond acceptors (Lipinski definition) is 3. The van der Waals surface area contributed by atoms with Crippen LogP contribution in [0.1, 0.15) is 5.56 Å². The van der Waals surface area contributed by atoms with Gasteiger partial charge in [-0.15, -0.1) is 0 Å². The van der Waals surface area contributed by atoms with Crippen LogP contribution < -0.4 is 5.32 Å². The maximum absolute atomic E-state index is 12.3. The molecule has 134 valence electrons. The highest BCUT2D eigenvalue weighted by Gasteiger charge is 2.14. The summed E-state index contributed by atoms with van der Waals surface area (Å²) in [6.07, 6.45) is 0. The van der Waals surface area contributed by atoms with Crippen LogP contribution in [0.15, 0.2) is 69.0 Å². The summed E-state index contributed by atoms with van der Waals surface area (Å²) in [4.78, 5) is 6.52. The van der Waals surface area contributed by atoms with Crippen LogP contribution in [-0.2, 0) is 16.4 Å². The molecule has 0 aromatic heterocycles. The molecule has 0 heterocycles. The van der Waals surface area contributed by atoms with Crippen molar-refractivity contribution in [3.63, 3.8) is 0 Å². The second-order valence-corrected chi connectivity index (χ2v) is 8.52. The van der Waals surface area contributed by atoms with Gasteiger partial charge in [-0.05, 0) is 23.8 Å². The molecule has 2 rings (SSSR count). The van der Waals surface area contributed by atoms with E-state index in [0.29, 0.717) is 23.9 Å². The number of sulfone groups is 1. The average molecular weight is 424 g/mol. The Labute approximate surface area is 157 Å². The third-order valence-corrected chi connectivity index (χ3v) is 6.20. The minimum absolute atomic E-state index is 0.0128. The summed E-state index contributed by atoms with van der Waals surface area (Å²) in [6.45, 7) is 0.955. The molecule has 0 amide bonds. The van der Waals surface area contributed by atoms with Crippen LogP contribution in [0.25, 0.3) is 0 Å². The van der Waals surface area contributed by atoms with Crippen molar-refractivity contribution < 1.29 is 8.42 Å². The number of guanidine groups is 1. The van der Waals surface area contributed by atoms with E-state index >= 15 is 0 Å². The van der Waals surface area contributed by atoms with E-state index in [-0.39, 0.29) is 5.75 Å². The van der Waals surface area contributed by atoms with Gasteiger partial charge in [0.1, 0.15) is 0 Å². The van der Waals surface area contributed by atoms with Gasteiger partial charge in [0.15, 0.2) is 15.8 Å². The van der Waals surface area contributed by atoms with Gasteiger partial charge in [0.05, 0.1) is 10.6 Å². The molecule has 0 spiro atoms. The van der Waals surface area contributed by atoms with Gasteiger partial charge in [0.2, 0.25) is 0 Å². The highest BCUT2D eigenvalue weighted by atomic mass is 79.9. The molecule has 0 saturated heterocycles. The summed E-state index contributed by atoms with van der Waals surface area (Å²) in [5.74, 6) is 0.665. The fraction of sp³-hybridized carbons (Fsp3) is 0.278. The first-order valence-corrected chi connectivity index (χ1v) is 10.3. The minimum atomic E-state index is -3.30. The van der Waals surface area contributed by atoms with E-state index in [1.807, 2.05) is 36.2 Å². The Kier molecular flexibility index (Phi) is 7.01. The SMILES string of the molecule is CN=C(NCCS(=O)(=O)c1ccccc1)N(C)Cc1ccccc1Br. The van der Waals surface area contributed by atoms with Gasteiger partial charge in [-0.2, -0.15) is 0 Å². The molecular formula is C18H22BrN3O2S. The molecule has 5 nitrogen and oxygen atoms in total. The number of nitrogens with one attached hydrogen (secondary N) is 1. The van der Waals surface area contributed by atoms with Crippen molar-refractivity contribution in [2.75, 3.05) is 26.4 Å². The smallest absolute Gasteiger partial charge is 0.193 e. The van der Waals surface area contributed by atoms with Crippen molar-refractivity contribution >= 4 is 31.7 Å². The lowest BCUT2D eigenvalue weighted by atomic mass is 10.2. The molecule has 0 fully saturated rings. The van der Waals surface area contributed by atoms with E-state index in [0.717, 1.165) is 10.0 Å². The first-order valence-electron chi connectivity index (χ1n) is 7.87. The van der Waals surface area contributed by atoms with Gasteiger partial charge in [0, 0.05) is 31.7 Å². The number of rotatable bonds is 6. The Balaban J connectivity index is 1.93. The van der Waals surface area contributed by atoms with E-state index in [1.165, 1.54) is 0 Å². The van der Waals surface area contributed by atoms with Crippen LogP contribution in [-0.4, -0.2) is 45.7 Å². The van der Waals surface area contributed by atoms with E-state index in [9.17, 15) is 8.42 Å². The molecule has 25 heavy (non-hydrogen) atoms. The van der Waals surface area contributed by atoms with Crippen molar-refractivity contribution in [1.29, 1.82) is 0 Å². The number of nitrogens with zero attached hydrogens (tertiary/aromatic N) is 2. The first-order chi connectivity index (χ1) is 11.9. The topological polar surface area (TPSA) is 61.8 Å². The van der Waals surface area contributed by atoms with Crippen LogP contribution in [0.2, 0.25) is 0 Å². The fourth-order valence-corrected chi connectivity index (χ4v) is 3.97. The normalized spacial score (nSPS) is 12.0. The van der Waals surface area contributed by atoms with Crippen molar-refractivity contribution in [1.82, 2.24) is 10.2 Å². The lowest BCUT2D eigenvalue weighted by molar-refractivity contribution is 0.477. The molecule has 0 unspecified atom stereocenters. The molecule has 0 radical (unpaired) electrons. The summed E-state index contributed by atoms with van der Waals surface area (Å²) in [5, 5.41) is 3.12. The Morgan fingerprint density at radius 3 is 2.40 bits per heavy atom. The Morgan fingerprint density at radius 1 is 1.12 bits per heavy atom. The summed E-state index contributed by atoms with van der Waals surface area (Å²) in [7, 11) is 0.303. The number of aliphatic imine (C=N–C) groups is 1. The summed E-state index contributed by atoms with van der Waals surface area (Å²) >= 11 is 3.53. The van der Waals surface area contributed by atoms with E-state index in [2.05, 4.69) is 26.2 Å². The van der Waals surface area contributed by atoms with Crippen molar-refractivity contribution in [3.05, 3.63) is 64.6 Å². The predicted molar refractivity (Wildman–Crippen MR) is 105 cm³/mol. The van der Waals surface area contributed by atoms with Crippen molar-refractivity contribution in [3.8, 4) is 0 Å². The fourth-order valence-electron chi connectivity index (χ4n) is 2.38. The van der Waals surface area contributed by atoms with Gasteiger partial charge >= 0.3 is 0 Å². The lowest BCUT2D eigenvalue weighted by Crippen LogP contribution is -2.40. The number of hydrogen-bond donors (Lipinski definition) is 1. The molecule has 0 aliphatic carbocycles. The van der Waals surface area contributed by atoms with E-state index in [4.69, 9.17) is 0 Å². The average Bonchev–Trinajstić information content (AvgIpc) is 2.61. The molecule has 0 aliphatic rings. The van der Waals surface area contributed by atoms with Crippen LogP contribution in [0.4, 0.5) is 0 Å². The second kappa shape index (κ2) is 9.01. The molecule has 7 heteroatoms. The maximum atomic E-state index is 12.3. The molecule has 2 aromatic carbocycles. The zero-order valence-electron chi connectivity index (χ0n) is 14.3. The van der Waals surface area contributed by atoms with E-state index in [1.54, 1.807) is 37.4 Å². The maximum Gasteiger partial charge on any atom is 0.193 e. The van der Waals surface area contributed by atoms with Crippen LogP contribution in [0.3, 0.4) is 0 Å². The molecule has 0 aliphatic heterocycles. The third-order valence-electron chi connectivity index (χ3n) is 3.69. The lowest BCUT2D eigenvalue weighted by Gasteiger charge is -2.22. The third kappa shape index (κ3) is 5.57. The minimum Gasteiger partial charge on any atom is -0.355 e. The van der Waals surface area contributed by atoms with Gasteiger partial charge in [-0.3, -0.25) is 4.99 Å². The van der Waals surface area contributed by atoms with Crippen LogP contribution in [0.5, 0.6) is 0 Å². The second-order valence-electron chi connectivity index (χ2n) is 5.55. The predicted octanol–water partition coefficient (Wildman–Crippen LogP) is 2.93. The van der Waals surface area contributed by atoms with Crippen molar-refractivity contribution in [2.45, 2.75) is 11.4 Å². The highest BCUT2D eigenvalue weighted by molar-refractivity contribution is 9.10. The monoisotopic (exact) mass is 423 g/mol. The molecule has 2 aromatic rings. The van der Waals surface area contributed by atoms with Crippen molar-refractivity contribution in [2.24, 2.45) is 4.99 Å². The number of benzene rings is 2. The van der Waals surface area contributed by atoms with Crippen LogP contribution >= 0.6 is 15.9 Å². The molecule has 0 atom stereocenters.